The van der Waals surface area contributed by atoms with Crippen LogP contribution in [-0.2, 0) is 12.0 Å². The standard InChI is InChI=1S/C14H18ClNO2/c1-14(2,3)10-5-6-12-11(9-10)16(8-4-7-15)13(17)18-12/h5-6,9H,4,7-8H2,1-3H3. The zero-order valence-corrected chi connectivity index (χ0v) is 11.8. The van der Waals surface area contributed by atoms with Crippen LogP contribution in [0.3, 0.4) is 0 Å². The Balaban J connectivity index is 2.56. The first-order valence-corrected chi connectivity index (χ1v) is 6.67. The van der Waals surface area contributed by atoms with Crippen molar-refractivity contribution in [2.45, 2.75) is 39.2 Å². The number of aryl methyl sites for hydroxylation is 1. The molecule has 0 fully saturated rings. The van der Waals surface area contributed by atoms with Gasteiger partial charge in [0.05, 0.1) is 5.52 Å². The van der Waals surface area contributed by atoms with Gasteiger partial charge < -0.3 is 4.42 Å². The molecule has 0 aliphatic carbocycles. The number of aromatic nitrogens is 1. The Kier molecular flexibility index (Phi) is 3.53. The molecule has 0 amide bonds. The fourth-order valence-corrected chi connectivity index (χ4v) is 2.08. The summed E-state index contributed by atoms with van der Waals surface area (Å²) in [4.78, 5) is 11.8. The minimum atomic E-state index is -0.304. The van der Waals surface area contributed by atoms with Gasteiger partial charge in [-0.15, -0.1) is 11.6 Å². The summed E-state index contributed by atoms with van der Waals surface area (Å²) >= 11 is 5.68. The maximum absolute atomic E-state index is 11.8. The average Bonchev–Trinajstić information content (AvgIpc) is 2.60. The number of nitrogens with zero attached hydrogens (tertiary/aromatic N) is 1. The van der Waals surface area contributed by atoms with Crippen molar-refractivity contribution in [3.05, 3.63) is 34.3 Å². The van der Waals surface area contributed by atoms with Gasteiger partial charge in [-0.05, 0) is 29.5 Å². The van der Waals surface area contributed by atoms with E-state index in [0.29, 0.717) is 18.0 Å². The summed E-state index contributed by atoms with van der Waals surface area (Å²) in [7, 11) is 0. The number of benzene rings is 1. The number of halogens is 1. The van der Waals surface area contributed by atoms with Gasteiger partial charge in [0.2, 0.25) is 0 Å². The van der Waals surface area contributed by atoms with Gasteiger partial charge in [-0.2, -0.15) is 0 Å². The Bertz CT molecular complexity index is 604. The summed E-state index contributed by atoms with van der Waals surface area (Å²) < 4.78 is 6.89. The highest BCUT2D eigenvalue weighted by Crippen LogP contribution is 2.25. The molecule has 0 atom stereocenters. The normalized spacial score (nSPS) is 12.2. The molecule has 0 spiro atoms. The molecule has 0 bridgehead atoms. The molecule has 3 nitrogen and oxygen atoms in total. The predicted molar refractivity (Wildman–Crippen MR) is 74.5 cm³/mol. The van der Waals surface area contributed by atoms with Crippen LogP contribution >= 0.6 is 11.6 Å². The van der Waals surface area contributed by atoms with E-state index in [4.69, 9.17) is 16.0 Å². The van der Waals surface area contributed by atoms with Crippen LogP contribution in [0.25, 0.3) is 11.1 Å². The Hall–Kier alpha value is -1.22. The molecule has 0 aliphatic heterocycles. The van der Waals surface area contributed by atoms with Crippen LogP contribution < -0.4 is 5.76 Å². The van der Waals surface area contributed by atoms with Crippen molar-refractivity contribution in [2.24, 2.45) is 0 Å². The number of hydrogen-bond acceptors (Lipinski definition) is 2. The van der Waals surface area contributed by atoms with E-state index >= 15 is 0 Å². The molecule has 0 aliphatic rings. The number of oxazole rings is 1. The van der Waals surface area contributed by atoms with Crippen molar-refractivity contribution in [3.63, 3.8) is 0 Å². The number of hydrogen-bond donors (Lipinski definition) is 0. The molecule has 0 saturated carbocycles. The maximum Gasteiger partial charge on any atom is 0.419 e. The lowest BCUT2D eigenvalue weighted by Gasteiger charge is -2.18. The van der Waals surface area contributed by atoms with Crippen LogP contribution in [0, 0.1) is 0 Å². The Labute approximate surface area is 111 Å². The van der Waals surface area contributed by atoms with Gasteiger partial charge in [-0.1, -0.05) is 26.8 Å². The second-order valence-electron chi connectivity index (χ2n) is 5.49. The van der Waals surface area contributed by atoms with E-state index in [1.165, 1.54) is 5.56 Å². The third kappa shape index (κ3) is 2.46. The average molecular weight is 268 g/mol. The van der Waals surface area contributed by atoms with Crippen LogP contribution in [0.15, 0.2) is 27.4 Å². The number of fused-ring (bicyclic) bond motifs is 1. The lowest BCUT2D eigenvalue weighted by atomic mass is 9.87. The molecule has 2 aromatic rings. The molecule has 1 aromatic heterocycles. The molecular formula is C14H18ClNO2. The minimum Gasteiger partial charge on any atom is -0.408 e. The van der Waals surface area contributed by atoms with E-state index in [0.717, 1.165) is 11.9 Å². The summed E-state index contributed by atoms with van der Waals surface area (Å²) in [6, 6.07) is 5.92. The Morgan fingerprint density at radius 2 is 2.06 bits per heavy atom. The topological polar surface area (TPSA) is 35.1 Å². The molecule has 0 N–H and O–H groups in total. The summed E-state index contributed by atoms with van der Waals surface area (Å²) in [5.74, 6) is 0.235. The van der Waals surface area contributed by atoms with Gasteiger partial charge in [-0.25, -0.2) is 4.79 Å². The lowest BCUT2D eigenvalue weighted by molar-refractivity contribution is 0.503. The summed E-state index contributed by atoms with van der Waals surface area (Å²) in [5, 5.41) is 0. The fourth-order valence-electron chi connectivity index (χ4n) is 1.96. The predicted octanol–water partition coefficient (Wildman–Crippen LogP) is 3.52. The van der Waals surface area contributed by atoms with Gasteiger partial charge in [0.25, 0.3) is 0 Å². The van der Waals surface area contributed by atoms with E-state index in [2.05, 4.69) is 20.8 Å². The first kappa shape index (κ1) is 13.2. The second kappa shape index (κ2) is 4.81. The smallest absolute Gasteiger partial charge is 0.408 e. The molecule has 1 aromatic carbocycles. The second-order valence-corrected chi connectivity index (χ2v) is 5.87. The van der Waals surface area contributed by atoms with Gasteiger partial charge in [-0.3, -0.25) is 4.57 Å². The fraction of sp³-hybridized carbons (Fsp3) is 0.500. The number of alkyl halides is 1. The van der Waals surface area contributed by atoms with Crippen LogP contribution in [-0.4, -0.2) is 10.4 Å². The molecule has 0 unspecified atom stereocenters. The maximum atomic E-state index is 11.8. The van der Waals surface area contributed by atoms with Gasteiger partial charge in [0.1, 0.15) is 0 Å². The first-order chi connectivity index (χ1) is 8.43. The quantitative estimate of drug-likeness (QED) is 0.798. The molecule has 2 rings (SSSR count). The van der Waals surface area contributed by atoms with Gasteiger partial charge in [0.15, 0.2) is 5.58 Å². The SMILES string of the molecule is CC(C)(C)c1ccc2oc(=O)n(CCCCl)c2c1. The molecule has 98 valence electrons. The van der Waals surface area contributed by atoms with E-state index < -0.39 is 0 Å². The van der Waals surface area contributed by atoms with E-state index in [1.54, 1.807) is 4.57 Å². The van der Waals surface area contributed by atoms with Crippen molar-refractivity contribution in [2.75, 3.05) is 5.88 Å². The van der Waals surface area contributed by atoms with Crippen LogP contribution in [0.5, 0.6) is 0 Å². The van der Waals surface area contributed by atoms with Crippen molar-refractivity contribution in [1.82, 2.24) is 4.57 Å². The van der Waals surface area contributed by atoms with Crippen LogP contribution in [0.2, 0.25) is 0 Å². The minimum absolute atomic E-state index is 0.0544. The van der Waals surface area contributed by atoms with Crippen LogP contribution in [0.1, 0.15) is 32.8 Å². The zero-order valence-electron chi connectivity index (χ0n) is 11.0. The first-order valence-electron chi connectivity index (χ1n) is 6.13. The monoisotopic (exact) mass is 267 g/mol. The van der Waals surface area contributed by atoms with Crippen molar-refractivity contribution >= 4 is 22.7 Å². The number of rotatable bonds is 3. The van der Waals surface area contributed by atoms with Crippen LogP contribution in [0.4, 0.5) is 0 Å². The Morgan fingerprint density at radius 1 is 1.33 bits per heavy atom. The Morgan fingerprint density at radius 3 is 2.67 bits per heavy atom. The summed E-state index contributed by atoms with van der Waals surface area (Å²) in [5.41, 5.74) is 2.74. The highest BCUT2D eigenvalue weighted by atomic mass is 35.5. The molecule has 4 heteroatoms. The third-order valence-electron chi connectivity index (χ3n) is 3.05. The van der Waals surface area contributed by atoms with Crippen molar-refractivity contribution < 1.29 is 4.42 Å². The molecule has 18 heavy (non-hydrogen) atoms. The molecule has 0 radical (unpaired) electrons. The van der Waals surface area contributed by atoms with Crippen molar-refractivity contribution in [3.8, 4) is 0 Å². The largest absolute Gasteiger partial charge is 0.419 e. The third-order valence-corrected chi connectivity index (χ3v) is 3.32. The molecule has 0 saturated heterocycles. The molecular weight excluding hydrogens is 250 g/mol. The lowest BCUT2D eigenvalue weighted by Crippen LogP contribution is -2.15. The molecule has 1 heterocycles. The summed E-state index contributed by atoms with van der Waals surface area (Å²) in [6.07, 6.45) is 0.760. The zero-order chi connectivity index (χ0) is 13.3. The van der Waals surface area contributed by atoms with E-state index in [-0.39, 0.29) is 11.2 Å². The van der Waals surface area contributed by atoms with E-state index in [1.807, 2.05) is 18.2 Å². The van der Waals surface area contributed by atoms with Crippen molar-refractivity contribution in [1.29, 1.82) is 0 Å². The van der Waals surface area contributed by atoms with E-state index in [9.17, 15) is 4.79 Å². The highest BCUT2D eigenvalue weighted by molar-refractivity contribution is 6.17. The summed E-state index contributed by atoms with van der Waals surface area (Å²) in [6.45, 7) is 7.04. The highest BCUT2D eigenvalue weighted by Gasteiger charge is 2.16. The van der Waals surface area contributed by atoms with Gasteiger partial charge in [0, 0.05) is 12.4 Å². The van der Waals surface area contributed by atoms with Gasteiger partial charge >= 0.3 is 5.76 Å².